The minimum atomic E-state index is -0.966. The predicted octanol–water partition coefficient (Wildman–Crippen LogP) is 1.63. The molecule has 0 spiro atoms. The molecule has 3 nitrogen and oxygen atoms in total. The second-order valence-corrected chi connectivity index (χ2v) is 5.25. The summed E-state index contributed by atoms with van der Waals surface area (Å²) in [6.07, 6.45) is 0. The van der Waals surface area contributed by atoms with Crippen LogP contribution in [0.3, 0.4) is 0 Å². The van der Waals surface area contributed by atoms with Gasteiger partial charge in [-0.2, -0.15) is 0 Å². The number of carbonyl (C=O) groups is 1. The standard InChI is InChI=1S/C4H3NO2S.2CH3.Sn/c6-4(7)3-1-8-2-5-3;;;/h1-2H,(H,6,7);2*1H3;. The zero-order valence-corrected chi connectivity index (χ0v) is 10.0. The van der Waals surface area contributed by atoms with Crippen molar-refractivity contribution in [2.75, 3.05) is 0 Å². The summed E-state index contributed by atoms with van der Waals surface area (Å²) in [4.78, 5) is 18.1. The van der Waals surface area contributed by atoms with Crippen LogP contribution in [-0.2, 0) is 0 Å². The number of rotatable bonds is 1. The van der Waals surface area contributed by atoms with E-state index in [2.05, 4.69) is 14.9 Å². The molecule has 0 aliphatic rings. The first-order valence-electron chi connectivity index (χ1n) is 2.92. The Morgan fingerprint density at radius 1 is 1.73 bits per heavy atom. The van der Waals surface area contributed by atoms with Crippen LogP contribution in [0.2, 0.25) is 9.88 Å². The van der Waals surface area contributed by atoms with Gasteiger partial charge in [-0.3, -0.25) is 0 Å². The second-order valence-electron chi connectivity index (χ2n) is 1.68. The van der Waals surface area contributed by atoms with E-state index < -0.39 is 5.97 Å². The van der Waals surface area contributed by atoms with Gasteiger partial charge in [0.15, 0.2) is 5.69 Å². The van der Waals surface area contributed by atoms with Crippen LogP contribution in [0.15, 0.2) is 10.9 Å². The van der Waals surface area contributed by atoms with Gasteiger partial charge in [0.25, 0.3) is 0 Å². The molecule has 5 heteroatoms. The molecule has 1 N–H and O–H groups in total. The predicted molar refractivity (Wildman–Crippen MR) is 46.6 cm³/mol. The van der Waals surface area contributed by atoms with E-state index in [9.17, 15) is 4.79 Å². The van der Waals surface area contributed by atoms with Crippen molar-refractivity contribution in [2.24, 2.45) is 0 Å². The van der Waals surface area contributed by atoms with Crippen LogP contribution in [-0.4, -0.2) is 37.2 Å². The number of thiazole rings is 1. The molecule has 1 aromatic rings. The molecular formula is C6H9NO2SSn. The summed E-state index contributed by atoms with van der Waals surface area (Å²) >= 11 is 1.51. The van der Waals surface area contributed by atoms with E-state index in [1.165, 1.54) is 22.2 Å². The van der Waals surface area contributed by atoms with Gasteiger partial charge in [-0.1, -0.05) is 0 Å². The van der Waals surface area contributed by atoms with E-state index in [-0.39, 0.29) is 26.8 Å². The number of carboxylic acid groups (broad SMARTS) is 1. The Hall–Kier alpha value is -0.101. The zero-order chi connectivity index (χ0) is 8.69. The van der Waals surface area contributed by atoms with Crippen molar-refractivity contribution in [1.29, 1.82) is 0 Å². The van der Waals surface area contributed by atoms with E-state index >= 15 is 0 Å². The number of hydrogen-bond donors (Lipinski definition) is 1. The molecule has 11 heavy (non-hydrogen) atoms. The molecule has 2 radical (unpaired) electrons. The average Bonchev–Trinajstić information content (AvgIpc) is 2.38. The summed E-state index contributed by atoms with van der Waals surface area (Å²) < 4.78 is 0. The Morgan fingerprint density at radius 2 is 2.27 bits per heavy atom. The van der Waals surface area contributed by atoms with Crippen molar-refractivity contribution < 1.29 is 9.90 Å². The first kappa shape index (κ1) is 10.9. The molecule has 0 amide bonds. The number of hydrogen-bond acceptors (Lipinski definition) is 3. The molecule has 0 aliphatic heterocycles. The minimum absolute atomic E-state index is 0.120. The molecule has 60 valence electrons. The van der Waals surface area contributed by atoms with Gasteiger partial charge in [0, 0.05) is 5.38 Å². The number of nitrogens with zero attached hydrogens (tertiary/aromatic N) is 1. The van der Waals surface area contributed by atoms with Crippen molar-refractivity contribution in [2.45, 2.75) is 9.88 Å². The van der Waals surface area contributed by atoms with Crippen molar-refractivity contribution in [1.82, 2.24) is 4.98 Å². The molecule has 0 unspecified atom stereocenters. The van der Waals surface area contributed by atoms with Crippen LogP contribution in [0.4, 0.5) is 0 Å². The van der Waals surface area contributed by atoms with Gasteiger partial charge >= 0.3 is 37.0 Å². The molecule has 1 rings (SSSR count). The monoisotopic (exact) mass is 279 g/mol. The van der Waals surface area contributed by atoms with Gasteiger partial charge in [0.05, 0.1) is 5.51 Å². The first-order valence-corrected chi connectivity index (χ1v) is 9.57. The van der Waals surface area contributed by atoms with Gasteiger partial charge in [0.1, 0.15) is 0 Å². The SMILES string of the molecule is O=C(O)c1cscn1.[CH3][Sn][CH3]. The maximum atomic E-state index is 10.0. The fraction of sp³-hybridized carbons (Fsp3) is 0.333. The van der Waals surface area contributed by atoms with Gasteiger partial charge in [-0.25, -0.2) is 9.78 Å². The summed E-state index contributed by atoms with van der Waals surface area (Å²) in [7, 11) is 0. The number of aromatic nitrogens is 1. The van der Waals surface area contributed by atoms with Crippen LogP contribution in [0.5, 0.6) is 0 Å². The number of carboxylic acids is 1. The van der Waals surface area contributed by atoms with E-state index in [1.807, 2.05) is 0 Å². The summed E-state index contributed by atoms with van der Waals surface area (Å²) in [5.41, 5.74) is 1.61. The molecule has 0 aliphatic carbocycles. The Balaban J connectivity index is 0.000000292. The third-order valence-corrected chi connectivity index (χ3v) is 1.24. The molecule has 1 aromatic heterocycles. The van der Waals surface area contributed by atoms with E-state index in [0.717, 1.165) is 0 Å². The van der Waals surface area contributed by atoms with Gasteiger partial charge < -0.3 is 5.11 Å². The third kappa shape index (κ3) is 5.20. The first-order chi connectivity index (χ1) is 5.22. The fourth-order valence-corrected chi connectivity index (χ4v) is 0.844. The van der Waals surface area contributed by atoms with Crippen LogP contribution in [0.25, 0.3) is 0 Å². The van der Waals surface area contributed by atoms with Crippen LogP contribution < -0.4 is 0 Å². The van der Waals surface area contributed by atoms with Crippen LogP contribution in [0, 0.1) is 0 Å². The quantitative estimate of drug-likeness (QED) is 0.794. The summed E-state index contributed by atoms with van der Waals surface area (Å²) in [6.45, 7) is 0. The molecule has 0 saturated carbocycles. The zero-order valence-electron chi connectivity index (χ0n) is 6.37. The molecule has 0 atom stereocenters. The molecule has 0 bridgehead atoms. The fourth-order valence-electron chi connectivity index (χ4n) is 0.318. The van der Waals surface area contributed by atoms with Crippen molar-refractivity contribution in [3.05, 3.63) is 16.6 Å². The van der Waals surface area contributed by atoms with Crippen molar-refractivity contribution in [3.63, 3.8) is 0 Å². The van der Waals surface area contributed by atoms with Gasteiger partial charge in [-0.15, -0.1) is 11.3 Å². The van der Waals surface area contributed by atoms with E-state index in [1.54, 1.807) is 0 Å². The molecule has 0 fully saturated rings. The average molecular weight is 278 g/mol. The third-order valence-electron chi connectivity index (χ3n) is 0.651. The molecule has 1 heterocycles. The summed E-state index contributed by atoms with van der Waals surface area (Å²) in [5.74, 6) is -0.966. The maximum absolute atomic E-state index is 10.0. The Kier molecular flexibility index (Phi) is 6.54. The van der Waals surface area contributed by atoms with Crippen LogP contribution >= 0.6 is 11.3 Å². The molecule has 0 saturated heterocycles. The Labute approximate surface area is 79.7 Å². The summed E-state index contributed by atoms with van der Waals surface area (Å²) in [5, 5.41) is 9.71. The Morgan fingerprint density at radius 3 is 2.45 bits per heavy atom. The second kappa shape index (κ2) is 6.60. The van der Waals surface area contributed by atoms with E-state index in [0.29, 0.717) is 0 Å². The van der Waals surface area contributed by atoms with E-state index in [4.69, 9.17) is 5.11 Å². The Bertz CT molecular complexity index is 200. The summed E-state index contributed by atoms with van der Waals surface area (Å²) in [6, 6.07) is 0. The van der Waals surface area contributed by atoms with Gasteiger partial charge in [-0.05, 0) is 0 Å². The topological polar surface area (TPSA) is 50.2 Å². The molecule has 0 aromatic carbocycles. The van der Waals surface area contributed by atoms with Crippen molar-refractivity contribution >= 4 is 38.4 Å². The van der Waals surface area contributed by atoms with Gasteiger partial charge in [0.2, 0.25) is 0 Å². The molecular weight excluding hydrogens is 269 g/mol. The van der Waals surface area contributed by atoms with Crippen molar-refractivity contribution in [3.8, 4) is 0 Å². The number of aromatic carboxylic acids is 1. The van der Waals surface area contributed by atoms with Crippen LogP contribution in [0.1, 0.15) is 10.5 Å². The normalized spacial score (nSPS) is 8.18.